The number of anilines is 1. The number of aryl methyl sites for hydroxylation is 1. The smallest absolute Gasteiger partial charge is 0.263 e. The molecule has 31 heavy (non-hydrogen) atoms. The fourth-order valence-electron chi connectivity index (χ4n) is 3.03. The first-order chi connectivity index (χ1) is 14.7. The van der Waals surface area contributed by atoms with Crippen LogP contribution in [0.4, 0.5) is 5.69 Å². The number of methoxy groups -OCH3 is 1. The molecule has 3 aromatic rings. The molecule has 0 bridgehead atoms. The lowest BCUT2D eigenvalue weighted by Gasteiger charge is -2.16. The molecule has 6 nitrogen and oxygen atoms in total. The molecule has 0 aliphatic rings. The molecular weight excluding hydrogens is 436 g/mol. The number of amides is 1. The maximum Gasteiger partial charge on any atom is 0.263 e. The van der Waals surface area contributed by atoms with Gasteiger partial charge in [0.05, 0.1) is 18.2 Å². The second kappa shape index (κ2) is 9.41. The number of hydrogen-bond donors (Lipinski definition) is 2. The van der Waals surface area contributed by atoms with Crippen LogP contribution in [0.5, 0.6) is 5.75 Å². The van der Waals surface area contributed by atoms with Gasteiger partial charge in [0, 0.05) is 11.3 Å². The largest absolute Gasteiger partial charge is 0.497 e. The van der Waals surface area contributed by atoms with E-state index in [4.69, 9.17) is 16.3 Å². The van der Waals surface area contributed by atoms with Crippen molar-refractivity contribution in [2.75, 3.05) is 11.8 Å². The molecule has 3 aromatic carbocycles. The first kappa shape index (κ1) is 22.7. The Balaban J connectivity index is 1.81. The van der Waals surface area contributed by atoms with Gasteiger partial charge in [-0.25, -0.2) is 8.42 Å². The van der Waals surface area contributed by atoms with E-state index in [2.05, 4.69) is 10.0 Å². The van der Waals surface area contributed by atoms with Crippen LogP contribution in [0.2, 0.25) is 5.02 Å². The van der Waals surface area contributed by atoms with Gasteiger partial charge in [0.15, 0.2) is 0 Å². The van der Waals surface area contributed by atoms with E-state index in [1.807, 2.05) is 44.2 Å². The quantitative estimate of drug-likeness (QED) is 0.524. The van der Waals surface area contributed by atoms with Crippen molar-refractivity contribution in [3.05, 3.63) is 88.4 Å². The SMILES string of the molecule is COc1ccc(C(C)NC(=O)c2ccc(Cl)c(S(=O)(=O)Nc3cccc(C)c3)c2)cc1. The highest BCUT2D eigenvalue weighted by atomic mass is 35.5. The van der Waals surface area contributed by atoms with Crippen molar-refractivity contribution in [2.45, 2.75) is 24.8 Å². The maximum atomic E-state index is 12.9. The van der Waals surface area contributed by atoms with E-state index in [0.717, 1.165) is 16.9 Å². The average Bonchev–Trinajstić information content (AvgIpc) is 2.73. The van der Waals surface area contributed by atoms with Crippen molar-refractivity contribution in [3.8, 4) is 5.75 Å². The van der Waals surface area contributed by atoms with Crippen LogP contribution in [0.3, 0.4) is 0 Å². The molecule has 1 unspecified atom stereocenters. The summed E-state index contributed by atoms with van der Waals surface area (Å²) in [6, 6.07) is 18.2. The molecule has 162 valence electrons. The number of carbonyl (C=O) groups is 1. The normalized spacial score (nSPS) is 12.1. The summed E-state index contributed by atoms with van der Waals surface area (Å²) < 4.78 is 33.4. The summed E-state index contributed by atoms with van der Waals surface area (Å²) in [7, 11) is -2.40. The standard InChI is InChI=1S/C23H23ClN2O4S/c1-15-5-4-6-19(13-15)26-31(28,29)22-14-18(9-12-21(22)24)23(27)25-16(2)17-7-10-20(30-3)11-8-17/h4-14,16,26H,1-3H3,(H,25,27). The number of ether oxygens (including phenoxy) is 1. The Kier molecular flexibility index (Phi) is 6.87. The van der Waals surface area contributed by atoms with Gasteiger partial charge in [-0.15, -0.1) is 0 Å². The molecule has 3 rings (SSSR count). The summed E-state index contributed by atoms with van der Waals surface area (Å²) in [5, 5.41) is 2.89. The topological polar surface area (TPSA) is 84.5 Å². The molecule has 0 heterocycles. The zero-order valence-electron chi connectivity index (χ0n) is 17.3. The number of rotatable bonds is 7. The van der Waals surface area contributed by atoms with Gasteiger partial charge in [0.2, 0.25) is 0 Å². The summed E-state index contributed by atoms with van der Waals surface area (Å²) in [5.41, 5.74) is 2.40. The monoisotopic (exact) mass is 458 g/mol. The van der Waals surface area contributed by atoms with Gasteiger partial charge in [-0.3, -0.25) is 9.52 Å². The van der Waals surface area contributed by atoms with E-state index in [-0.39, 0.29) is 21.5 Å². The van der Waals surface area contributed by atoms with E-state index in [1.54, 1.807) is 25.3 Å². The van der Waals surface area contributed by atoms with Gasteiger partial charge < -0.3 is 10.1 Å². The van der Waals surface area contributed by atoms with Crippen molar-refractivity contribution < 1.29 is 17.9 Å². The van der Waals surface area contributed by atoms with Crippen molar-refractivity contribution in [2.24, 2.45) is 0 Å². The van der Waals surface area contributed by atoms with Crippen LogP contribution < -0.4 is 14.8 Å². The minimum absolute atomic E-state index is 0.0277. The van der Waals surface area contributed by atoms with Crippen LogP contribution >= 0.6 is 11.6 Å². The Hall–Kier alpha value is -3.03. The molecule has 0 saturated carbocycles. The molecule has 8 heteroatoms. The van der Waals surface area contributed by atoms with Crippen LogP contribution in [0.25, 0.3) is 0 Å². The molecule has 0 aromatic heterocycles. The molecule has 0 saturated heterocycles. The van der Waals surface area contributed by atoms with Crippen molar-refractivity contribution in [1.29, 1.82) is 0 Å². The molecule has 0 aliphatic heterocycles. The molecule has 1 amide bonds. The van der Waals surface area contributed by atoms with Gasteiger partial charge in [-0.05, 0) is 67.4 Å². The number of hydrogen-bond acceptors (Lipinski definition) is 4. The molecule has 2 N–H and O–H groups in total. The predicted molar refractivity (Wildman–Crippen MR) is 122 cm³/mol. The van der Waals surface area contributed by atoms with Gasteiger partial charge >= 0.3 is 0 Å². The third-order valence-electron chi connectivity index (χ3n) is 4.72. The lowest BCUT2D eigenvalue weighted by molar-refractivity contribution is 0.0939. The highest BCUT2D eigenvalue weighted by Gasteiger charge is 2.21. The maximum absolute atomic E-state index is 12.9. The summed E-state index contributed by atoms with van der Waals surface area (Å²) in [5.74, 6) is 0.308. The lowest BCUT2D eigenvalue weighted by atomic mass is 10.1. The van der Waals surface area contributed by atoms with Crippen LogP contribution in [0.1, 0.15) is 34.5 Å². The minimum atomic E-state index is -3.98. The molecule has 0 spiro atoms. The Bertz CT molecular complexity index is 1190. The highest BCUT2D eigenvalue weighted by Crippen LogP contribution is 2.26. The Morgan fingerprint density at radius 3 is 2.39 bits per heavy atom. The van der Waals surface area contributed by atoms with E-state index < -0.39 is 15.9 Å². The number of benzene rings is 3. The van der Waals surface area contributed by atoms with Gasteiger partial charge in [0.25, 0.3) is 15.9 Å². The second-order valence-electron chi connectivity index (χ2n) is 7.09. The zero-order chi connectivity index (χ0) is 22.6. The minimum Gasteiger partial charge on any atom is -0.497 e. The highest BCUT2D eigenvalue weighted by molar-refractivity contribution is 7.92. The number of carbonyl (C=O) groups excluding carboxylic acids is 1. The van der Waals surface area contributed by atoms with Crippen molar-refractivity contribution in [1.82, 2.24) is 5.32 Å². The number of nitrogens with one attached hydrogen (secondary N) is 2. The van der Waals surface area contributed by atoms with Crippen molar-refractivity contribution in [3.63, 3.8) is 0 Å². The molecular formula is C23H23ClN2O4S. The Morgan fingerprint density at radius 1 is 1.03 bits per heavy atom. The fraction of sp³-hybridized carbons (Fsp3) is 0.174. The number of halogens is 1. The Labute approximate surface area is 187 Å². The lowest BCUT2D eigenvalue weighted by Crippen LogP contribution is -2.27. The average molecular weight is 459 g/mol. The van der Waals surface area contributed by atoms with E-state index in [9.17, 15) is 13.2 Å². The summed E-state index contributed by atoms with van der Waals surface area (Å²) in [6.07, 6.45) is 0. The molecule has 0 aliphatic carbocycles. The van der Waals surface area contributed by atoms with Gasteiger partial charge in [-0.2, -0.15) is 0 Å². The zero-order valence-corrected chi connectivity index (χ0v) is 18.9. The predicted octanol–water partition coefficient (Wildman–Crippen LogP) is 4.95. The van der Waals surface area contributed by atoms with Crippen LogP contribution in [-0.4, -0.2) is 21.4 Å². The molecule has 0 fully saturated rings. The number of sulfonamides is 1. The van der Waals surface area contributed by atoms with Crippen LogP contribution in [0, 0.1) is 6.92 Å². The van der Waals surface area contributed by atoms with E-state index in [1.165, 1.54) is 18.2 Å². The fourth-order valence-corrected chi connectivity index (χ4v) is 4.60. The van der Waals surface area contributed by atoms with Gasteiger partial charge in [0.1, 0.15) is 10.6 Å². The molecule has 0 radical (unpaired) electrons. The van der Waals surface area contributed by atoms with Crippen molar-refractivity contribution >= 4 is 33.2 Å². The first-order valence-corrected chi connectivity index (χ1v) is 11.4. The van der Waals surface area contributed by atoms with Crippen LogP contribution in [0.15, 0.2) is 71.6 Å². The summed E-state index contributed by atoms with van der Waals surface area (Å²) >= 11 is 6.15. The van der Waals surface area contributed by atoms with E-state index >= 15 is 0 Å². The first-order valence-electron chi connectivity index (χ1n) is 9.53. The van der Waals surface area contributed by atoms with Gasteiger partial charge in [-0.1, -0.05) is 35.9 Å². The second-order valence-corrected chi connectivity index (χ2v) is 9.15. The third kappa shape index (κ3) is 5.57. The van der Waals surface area contributed by atoms with E-state index in [0.29, 0.717) is 5.69 Å². The third-order valence-corrected chi connectivity index (χ3v) is 6.58. The molecule has 1 atom stereocenters. The Morgan fingerprint density at radius 2 is 1.74 bits per heavy atom. The van der Waals surface area contributed by atoms with Crippen LogP contribution in [-0.2, 0) is 10.0 Å². The summed E-state index contributed by atoms with van der Waals surface area (Å²) in [4.78, 5) is 12.6. The summed E-state index contributed by atoms with van der Waals surface area (Å²) in [6.45, 7) is 3.70.